The number of hydrogen-bond donors (Lipinski definition) is 1. The fourth-order valence-corrected chi connectivity index (χ4v) is 3.60. The zero-order valence-electron chi connectivity index (χ0n) is 11.8. The summed E-state index contributed by atoms with van der Waals surface area (Å²) in [6, 6.07) is 8.52. The van der Waals surface area contributed by atoms with Gasteiger partial charge >= 0.3 is 0 Å². The lowest BCUT2D eigenvalue weighted by Crippen LogP contribution is -2.48. The summed E-state index contributed by atoms with van der Waals surface area (Å²) in [6.45, 7) is 4.63. The standard InChI is InChI=1S/C17H22N2/c1-12-5-4-9-17(18,13(12)2)16-7-3-6-14-8-10-19-11-15(14)16/h3,6-8,10-13H,4-5,9,18H2,1-2H3. The molecule has 1 aromatic heterocycles. The molecular formula is C17H22N2. The van der Waals surface area contributed by atoms with Crippen LogP contribution in [0.3, 0.4) is 0 Å². The summed E-state index contributed by atoms with van der Waals surface area (Å²) in [5.41, 5.74) is 7.92. The molecule has 2 heteroatoms. The van der Waals surface area contributed by atoms with E-state index in [1.54, 1.807) is 0 Å². The van der Waals surface area contributed by atoms with Gasteiger partial charge in [0.2, 0.25) is 0 Å². The Morgan fingerprint density at radius 1 is 1.26 bits per heavy atom. The lowest BCUT2D eigenvalue weighted by atomic mass is 9.65. The van der Waals surface area contributed by atoms with Crippen LogP contribution in [0.1, 0.15) is 38.7 Å². The van der Waals surface area contributed by atoms with Crippen molar-refractivity contribution in [2.75, 3.05) is 0 Å². The lowest BCUT2D eigenvalue weighted by Gasteiger charge is -2.44. The molecule has 2 aromatic rings. The van der Waals surface area contributed by atoms with Gasteiger partial charge < -0.3 is 5.73 Å². The molecule has 3 atom stereocenters. The van der Waals surface area contributed by atoms with Crippen molar-refractivity contribution in [3.8, 4) is 0 Å². The number of benzene rings is 1. The third-order valence-electron chi connectivity index (χ3n) is 5.10. The van der Waals surface area contributed by atoms with Gasteiger partial charge in [0.25, 0.3) is 0 Å². The molecule has 0 saturated heterocycles. The van der Waals surface area contributed by atoms with Crippen molar-refractivity contribution in [1.29, 1.82) is 0 Å². The van der Waals surface area contributed by atoms with Crippen molar-refractivity contribution in [2.24, 2.45) is 17.6 Å². The zero-order valence-corrected chi connectivity index (χ0v) is 11.8. The smallest absolute Gasteiger partial charge is 0.0444 e. The first-order valence-corrected chi connectivity index (χ1v) is 7.25. The molecule has 2 nitrogen and oxygen atoms in total. The van der Waals surface area contributed by atoms with E-state index in [2.05, 4.69) is 43.1 Å². The van der Waals surface area contributed by atoms with E-state index in [0.29, 0.717) is 11.8 Å². The average molecular weight is 254 g/mol. The molecule has 0 amide bonds. The Bertz CT molecular complexity index is 587. The van der Waals surface area contributed by atoms with E-state index in [0.717, 1.165) is 6.42 Å². The highest BCUT2D eigenvalue weighted by molar-refractivity contribution is 5.85. The Hall–Kier alpha value is -1.41. The molecule has 1 aliphatic carbocycles. The number of nitrogens with zero attached hydrogens (tertiary/aromatic N) is 1. The molecule has 0 radical (unpaired) electrons. The number of rotatable bonds is 1. The summed E-state index contributed by atoms with van der Waals surface area (Å²) in [7, 11) is 0. The SMILES string of the molecule is CC1CCCC(N)(c2cccc3ccncc23)C1C. The van der Waals surface area contributed by atoms with Gasteiger partial charge in [-0.15, -0.1) is 0 Å². The molecule has 3 unspecified atom stereocenters. The van der Waals surface area contributed by atoms with Crippen LogP contribution in [0.2, 0.25) is 0 Å². The van der Waals surface area contributed by atoms with Crippen molar-refractivity contribution in [3.63, 3.8) is 0 Å². The third-order valence-corrected chi connectivity index (χ3v) is 5.10. The van der Waals surface area contributed by atoms with Gasteiger partial charge in [0.1, 0.15) is 0 Å². The molecule has 3 rings (SSSR count). The highest BCUT2D eigenvalue weighted by Gasteiger charge is 2.40. The fourth-order valence-electron chi connectivity index (χ4n) is 3.60. The van der Waals surface area contributed by atoms with Crippen LogP contribution in [-0.2, 0) is 5.54 Å². The molecule has 1 heterocycles. The van der Waals surface area contributed by atoms with Crippen LogP contribution < -0.4 is 5.73 Å². The second-order valence-corrected chi connectivity index (χ2v) is 6.10. The van der Waals surface area contributed by atoms with Crippen LogP contribution in [0.15, 0.2) is 36.7 Å². The van der Waals surface area contributed by atoms with Gasteiger partial charge in [0.15, 0.2) is 0 Å². The van der Waals surface area contributed by atoms with Gasteiger partial charge in [-0.05, 0) is 35.3 Å². The molecule has 0 bridgehead atoms. The maximum Gasteiger partial charge on any atom is 0.0444 e. The van der Waals surface area contributed by atoms with Gasteiger partial charge in [-0.25, -0.2) is 0 Å². The van der Waals surface area contributed by atoms with Crippen molar-refractivity contribution in [2.45, 2.75) is 38.6 Å². The summed E-state index contributed by atoms with van der Waals surface area (Å²) in [4.78, 5) is 4.29. The van der Waals surface area contributed by atoms with E-state index in [-0.39, 0.29) is 5.54 Å². The number of nitrogens with two attached hydrogens (primary N) is 1. The lowest BCUT2D eigenvalue weighted by molar-refractivity contribution is 0.145. The Balaban J connectivity index is 2.18. The maximum atomic E-state index is 6.85. The van der Waals surface area contributed by atoms with Crippen LogP contribution in [-0.4, -0.2) is 4.98 Å². The van der Waals surface area contributed by atoms with Gasteiger partial charge in [-0.2, -0.15) is 0 Å². The molecular weight excluding hydrogens is 232 g/mol. The van der Waals surface area contributed by atoms with Gasteiger partial charge in [-0.3, -0.25) is 4.98 Å². The topological polar surface area (TPSA) is 38.9 Å². The van der Waals surface area contributed by atoms with Crippen LogP contribution in [0.25, 0.3) is 10.8 Å². The predicted octanol–water partition coefficient (Wildman–Crippen LogP) is 3.84. The molecule has 1 fully saturated rings. The van der Waals surface area contributed by atoms with Gasteiger partial charge in [0.05, 0.1) is 0 Å². The minimum Gasteiger partial charge on any atom is -0.321 e. The maximum absolute atomic E-state index is 6.85. The van der Waals surface area contributed by atoms with Crippen LogP contribution in [0, 0.1) is 11.8 Å². The third kappa shape index (κ3) is 1.95. The van der Waals surface area contributed by atoms with E-state index in [1.807, 2.05) is 12.4 Å². The molecule has 2 N–H and O–H groups in total. The molecule has 0 spiro atoms. The largest absolute Gasteiger partial charge is 0.321 e. The molecule has 1 aliphatic rings. The normalized spacial score (nSPS) is 31.5. The van der Waals surface area contributed by atoms with E-state index >= 15 is 0 Å². The monoisotopic (exact) mass is 254 g/mol. The minimum atomic E-state index is -0.208. The Labute approximate surface area is 115 Å². The van der Waals surface area contributed by atoms with Crippen molar-refractivity contribution in [1.82, 2.24) is 4.98 Å². The molecule has 1 saturated carbocycles. The fraction of sp³-hybridized carbons (Fsp3) is 0.471. The molecule has 1 aromatic carbocycles. The highest BCUT2D eigenvalue weighted by Crippen LogP contribution is 2.44. The van der Waals surface area contributed by atoms with E-state index in [4.69, 9.17) is 5.73 Å². The zero-order chi connectivity index (χ0) is 13.5. The minimum absolute atomic E-state index is 0.208. The first kappa shape index (κ1) is 12.6. The number of hydrogen-bond acceptors (Lipinski definition) is 2. The quantitative estimate of drug-likeness (QED) is 0.839. The number of aromatic nitrogens is 1. The van der Waals surface area contributed by atoms with Crippen molar-refractivity contribution in [3.05, 3.63) is 42.2 Å². The number of pyridine rings is 1. The average Bonchev–Trinajstić information content (AvgIpc) is 2.44. The second kappa shape index (κ2) is 4.61. The van der Waals surface area contributed by atoms with Crippen LogP contribution in [0.4, 0.5) is 0 Å². The second-order valence-electron chi connectivity index (χ2n) is 6.10. The summed E-state index contributed by atoms with van der Waals surface area (Å²) in [6.07, 6.45) is 7.40. The Morgan fingerprint density at radius 3 is 2.95 bits per heavy atom. The summed E-state index contributed by atoms with van der Waals surface area (Å²) < 4.78 is 0. The Morgan fingerprint density at radius 2 is 2.11 bits per heavy atom. The summed E-state index contributed by atoms with van der Waals surface area (Å²) in [5, 5.41) is 2.45. The Kier molecular flexibility index (Phi) is 3.06. The van der Waals surface area contributed by atoms with Crippen molar-refractivity contribution < 1.29 is 0 Å². The van der Waals surface area contributed by atoms with E-state index in [9.17, 15) is 0 Å². The first-order chi connectivity index (χ1) is 9.13. The molecule has 19 heavy (non-hydrogen) atoms. The summed E-state index contributed by atoms with van der Waals surface area (Å²) in [5.74, 6) is 1.19. The van der Waals surface area contributed by atoms with Crippen LogP contribution in [0.5, 0.6) is 0 Å². The van der Waals surface area contributed by atoms with E-state index in [1.165, 1.54) is 29.2 Å². The van der Waals surface area contributed by atoms with E-state index < -0.39 is 0 Å². The molecule has 100 valence electrons. The number of fused-ring (bicyclic) bond motifs is 1. The predicted molar refractivity (Wildman–Crippen MR) is 79.8 cm³/mol. The van der Waals surface area contributed by atoms with Gasteiger partial charge in [-0.1, -0.05) is 44.9 Å². The highest BCUT2D eigenvalue weighted by atomic mass is 14.8. The first-order valence-electron chi connectivity index (χ1n) is 7.25. The molecule has 0 aliphatic heterocycles. The van der Waals surface area contributed by atoms with Crippen molar-refractivity contribution >= 4 is 10.8 Å². The van der Waals surface area contributed by atoms with Crippen LogP contribution >= 0.6 is 0 Å². The van der Waals surface area contributed by atoms with Gasteiger partial charge in [0, 0.05) is 23.3 Å². The summed E-state index contributed by atoms with van der Waals surface area (Å²) >= 11 is 0.